The van der Waals surface area contributed by atoms with Crippen LogP contribution in [-0.2, 0) is 4.79 Å². The summed E-state index contributed by atoms with van der Waals surface area (Å²) < 4.78 is 0. The van der Waals surface area contributed by atoms with Crippen molar-refractivity contribution in [1.29, 1.82) is 0 Å². The molecule has 0 aromatic heterocycles. The maximum Gasteiger partial charge on any atom is 0.240 e. The molecule has 0 atom stereocenters. The fourth-order valence-corrected chi connectivity index (χ4v) is 2.78. The van der Waals surface area contributed by atoms with Gasteiger partial charge >= 0.3 is 0 Å². The number of thioether (sulfide) groups is 1. The zero-order chi connectivity index (χ0) is 15.8. The van der Waals surface area contributed by atoms with Gasteiger partial charge in [0.05, 0.1) is 16.3 Å². The van der Waals surface area contributed by atoms with E-state index in [9.17, 15) is 4.79 Å². The SMILES string of the molecule is O=C(CCSc1ccccc1)N/N=C/c1ccc(Cl)c(Cl)c1. The van der Waals surface area contributed by atoms with Crippen LogP contribution in [0.5, 0.6) is 0 Å². The molecule has 0 heterocycles. The van der Waals surface area contributed by atoms with Gasteiger partial charge in [-0.2, -0.15) is 5.10 Å². The van der Waals surface area contributed by atoms with Gasteiger partial charge in [0.25, 0.3) is 0 Å². The highest BCUT2D eigenvalue weighted by molar-refractivity contribution is 7.99. The van der Waals surface area contributed by atoms with Gasteiger partial charge in [-0.05, 0) is 29.8 Å². The van der Waals surface area contributed by atoms with Gasteiger partial charge in [-0.25, -0.2) is 5.43 Å². The van der Waals surface area contributed by atoms with E-state index < -0.39 is 0 Å². The summed E-state index contributed by atoms with van der Waals surface area (Å²) in [6, 6.07) is 15.1. The molecule has 0 spiro atoms. The first kappa shape index (κ1) is 16.9. The Bertz CT molecular complexity index is 662. The monoisotopic (exact) mass is 352 g/mol. The molecule has 0 aliphatic heterocycles. The van der Waals surface area contributed by atoms with Gasteiger partial charge in [0.2, 0.25) is 5.91 Å². The molecule has 0 saturated carbocycles. The van der Waals surface area contributed by atoms with Crippen LogP contribution < -0.4 is 5.43 Å². The molecule has 114 valence electrons. The van der Waals surface area contributed by atoms with E-state index in [-0.39, 0.29) is 5.91 Å². The summed E-state index contributed by atoms with van der Waals surface area (Å²) >= 11 is 13.4. The number of carbonyl (C=O) groups excluding carboxylic acids is 1. The van der Waals surface area contributed by atoms with E-state index in [0.717, 1.165) is 10.5 Å². The van der Waals surface area contributed by atoms with Crippen molar-refractivity contribution in [1.82, 2.24) is 5.43 Å². The number of benzene rings is 2. The van der Waals surface area contributed by atoms with E-state index in [4.69, 9.17) is 23.2 Å². The lowest BCUT2D eigenvalue weighted by molar-refractivity contribution is -0.120. The number of hydrogen-bond donors (Lipinski definition) is 1. The molecule has 0 unspecified atom stereocenters. The molecule has 2 aromatic rings. The van der Waals surface area contributed by atoms with Crippen LogP contribution in [0.3, 0.4) is 0 Å². The highest BCUT2D eigenvalue weighted by Gasteiger charge is 2.01. The van der Waals surface area contributed by atoms with Crippen LogP contribution in [0.4, 0.5) is 0 Å². The molecule has 3 nitrogen and oxygen atoms in total. The van der Waals surface area contributed by atoms with Crippen molar-refractivity contribution >= 4 is 47.1 Å². The van der Waals surface area contributed by atoms with E-state index in [0.29, 0.717) is 22.2 Å². The fraction of sp³-hybridized carbons (Fsp3) is 0.125. The normalized spacial score (nSPS) is 10.8. The molecule has 6 heteroatoms. The third-order valence-electron chi connectivity index (χ3n) is 2.69. The summed E-state index contributed by atoms with van der Waals surface area (Å²) in [4.78, 5) is 12.8. The molecule has 0 aliphatic carbocycles. The summed E-state index contributed by atoms with van der Waals surface area (Å²) in [7, 11) is 0. The van der Waals surface area contributed by atoms with Crippen molar-refractivity contribution in [3.05, 3.63) is 64.1 Å². The lowest BCUT2D eigenvalue weighted by Crippen LogP contribution is -2.17. The maximum atomic E-state index is 11.7. The Labute approximate surface area is 143 Å². The Hall–Kier alpha value is -1.49. The van der Waals surface area contributed by atoms with Crippen LogP contribution in [-0.4, -0.2) is 17.9 Å². The van der Waals surface area contributed by atoms with Crippen LogP contribution in [0.25, 0.3) is 0 Å². The Kier molecular flexibility index (Phi) is 6.77. The van der Waals surface area contributed by atoms with Crippen LogP contribution in [0.1, 0.15) is 12.0 Å². The number of nitrogens with one attached hydrogen (secondary N) is 1. The molecule has 0 saturated heterocycles. The van der Waals surface area contributed by atoms with E-state index in [1.807, 2.05) is 30.3 Å². The first-order valence-electron chi connectivity index (χ1n) is 6.60. The maximum absolute atomic E-state index is 11.7. The number of hydrogen-bond acceptors (Lipinski definition) is 3. The Morgan fingerprint density at radius 3 is 2.64 bits per heavy atom. The molecule has 0 bridgehead atoms. The summed E-state index contributed by atoms with van der Waals surface area (Å²) in [5.41, 5.74) is 3.26. The standard InChI is InChI=1S/C16H14Cl2N2OS/c17-14-7-6-12(10-15(14)18)11-19-20-16(21)8-9-22-13-4-2-1-3-5-13/h1-7,10-11H,8-9H2,(H,20,21)/b19-11+. The average Bonchev–Trinajstić information content (AvgIpc) is 2.52. The van der Waals surface area contributed by atoms with E-state index in [2.05, 4.69) is 10.5 Å². The van der Waals surface area contributed by atoms with Crippen LogP contribution in [0.2, 0.25) is 10.0 Å². The van der Waals surface area contributed by atoms with Crippen LogP contribution in [0, 0.1) is 0 Å². The van der Waals surface area contributed by atoms with Crippen molar-refractivity contribution in [2.45, 2.75) is 11.3 Å². The second-order valence-electron chi connectivity index (χ2n) is 4.38. The smallest absolute Gasteiger partial charge is 0.240 e. The molecule has 0 aliphatic rings. The minimum Gasteiger partial charge on any atom is -0.273 e. The lowest BCUT2D eigenvalue weighted by atomic mass is 10.2. The van der Waals surface area contributed by atoms with Crippen molar-refractivity contribution in [2.24, 2.45) is 5.10 Å². The molecule has 1 amide bonds. The predicted molar refractivity (Wildman–Crippen MR) is 94.0 cm³/mol. The molecule has 2 rings (SSSR count). The molecular weight excluding hydrogens is 339 g/mol. The van der Waals surface area contributed by atoms with E-state index >= 15 is 0 Å². The van der Waals surface area contributed by atoms with Gasteiger partial charge in [-0.1, -0.05) is 47.5 Å². The van der Waals surface area contributed by atoms with Gasteiger partial charge in [0.1, 0.15) is 0 Å². The number of carbonyl (C=O) groups is 1. The second kappa shape index (κ2) is 8.83. The zero-order valence-electron chi connectivity index (χ0n) is 11.6. The van der Waals surface area contributed by atoms with Crippen LogP contribution >= 0.6 is 35.0 Å². The van der Waals surface area contributed by atoms with Gasteiger partial charge in [0, 0.05) is 17.1 Å². The predicted octanol–water partition coefficient (Wildman–Crippen LogP) is 4.63. The van der Waals surface area contributed by atoms with Crippen molar-refractivity contribution in [3.63, 3.8) is 0 Å². The largest absolute Gasteiger partial charge is 0.273 e. The molecular formula is C16H14Cl2N2OS. The third-order valence-corrected chi connectivity index (χ3v) is 4.44. The topological polar surface area (TPSA) is 41.5 Å². The van der Waals surface area contributed by atoms with Gasteiger partial charge in [0.15, 0.2) is 0 Å². The van der Waals surface area contributed by atoms with Gasteiger partial charge < -0.3 is 0 Å². The lowest BCUT2D eigenvalue weighted by Gasteiger charge is -2.01. The number of amides is 1. The zero-order valence-corrected chi connectivity index (χ0v) is 14.0. The van der Waals surface area contributed by atoms with Gasteiger partial charge in [-0.3, -0.25) is 4.79 Å². The highest BCUT2D eigenvalue weighted by Crippen LogP contribution is 2.21. The number of nitrogens with zero attached hydrogens (tertiary/aromatic N) is 1. The summed E-state index contributed by atoms with van der Waals surface area (Å²) in [6.07, 6.45) is 1.93. The number of rotatable bonds is 6. The second-order valence-corrected chi connectivity index (χ2v) is 6.36. The fourth-order valence-electron chi connectivity index (χ4n) is 1.61. The number of halogens is 2. The minimum absolute atomic E-state index is 0.125. The van der Waals surface area contributed by atoms with E-state index in [1.54, 1.807) is 30.0 Å². The third kappa shape index (κ3) is 5.72. The molecule has 22 heavy (non-hydrogen) atoms. The Morgan fingerprint density at radius 2 is 1.91 bits per heavy atom. The first-order valence-corrected chi connectivity index (χ1v) is 8.34. The van der Waals surface area contributed by atoms with Crippen molar-refractivity contribution < 1.29 is 4.79 Å². The Morgan fingerprint density at radius 1 is 1.14 bits per heavy atom. The summed E-state index contributed by atoms with van der Waals surface area (Å²) in [5.74, 6) is 0.581. The molecule has 2 aromatic carbocycles. The summed E-state index contributed by atoms with van der Waals surface area (Å²) in [5, 5.41) is 4.84. The first-order chi connectivity index (χ1) is 10.6. The van der Waals surface area contributed by atoms with Crippen molar-refractivity contribution in [2.75, 3.05) is 5.75 Å². The Balaban J connectivity index is 1.73. The number of hydrazone groups is 1. The average molecular weight is 353 g/mol. The van der Waals surface area contributed by atoms with Gasteiger partial charge in [-0.15, -0.1) is 11.8 Å². The quantitative estimate of drug-likeness (QED) is 0.468. The van der Waals surface area contributed by atoms with Crippen LogP contribution in [0.15, 0.2) is 58.5 Å². The van der Waals surface area contributed by atoms with E-state index in [1.165, 1.54) is 6.21 Å². The molecule has 1 N–H and O–H groups in total. The molecule has 0 fully saturated rings. The highest BCUT2D eigenvalue weighted by atomic mass is 35.5. The summed E-state index contributed by atoms with van der Waals surface area (Å²) in [6.45, 7) is 0. The molecule has 0 radical (unpaired) electrons. The minimum atomic E-state index is -0.125. The van der Waals surface area contributed by atoms with Crippen molar-refractivity contribution in [3.8, 4) is 0 Å².